The van der Waals surface area contributed by atoms with Gasteiger partial charge in [-0.2, -0.15) is 0 Å². The van der Waals surface area contributed by atoms with Gasteiger partial charge in [0.1, 0.15) is 4.32 Å². The van der Waals surface area contributed by atoms with Crippen LogP contribution in [0.15, 0.2) is 66.3 Å². The first-order valence-corrected chi connectivity index (χ1v) is 8.99. The van der Waals surface area contributed by atoms with Crippen LogP contribution >= 0.6 is 24.0 Å². The molecule has 3 nitrogen and oxygen atoms in total. The summed E-state index contributed by atoms with van der Waals surface area (Å²) in [5.74, 6) is -0.0509. The standard InChI is InChI=1S/C19H18N2OS2/c1-3-12-21-18(22)17(24-19(21)23)10-9-14-11-13-20(4-2)16-8-6-5-7-15(14)16/h3,5-11,13H,1,4,12H2,2H3/b14-9-,17-10-. The van der Waals surface area contributed by atoms with Crippen molar-refractivity contribution in [2.45, 2.75) is 6.92 Å². The van der Waals surface area contributed by atoms with Crippen LogP contribution in [0.25, 0.3) is 5.57 Å². The van der Waals surface area contributed by atoms with Crippen molar-refractivity contribution in [3.05, 3.63) is 71.8 Å². The monoisotopic (exact) mass is 354 g/mol. The third-order valence-electron chi connectivity index (χ3n) is 3.90. The molecule has 0 radical (unpaired) electrons. The lowest BCUT2D eigenvalue weighted by Crippen LogP contribution is -2.27. The minimum absolute atomic E-state index is 0.0509. The van der Waals surface area contributed by atoms with E-state index in [1.54, 1.807) is 11.0 Å². The third kappa shape index (κ3) is 3.09. The zero-order chi connectivity index (χ0) is 17.1. The van der Waals surface area contributed by atoms with Gasteiger partial charge in [0.15, 0.2) is 0 Å². The fourth-order valence-electron chi connectivity index (χ4n) is 2.70. The molecule has 0 saturated carbocycles. The molecule has 0 unspecified atom stereocenters. The summed E-state index contributed by atoms with van der Waals surface area (Å²) < 4.78 is 0.585. The number of anilines is 1. The van der Waals surface area contributed by atoms with Gasteiger partial charge in [-0.1, -0.05) is 54.3 Å². The van der Waals surface area contributed by atoms with E-state index >= 15 is 0 Å². The van der Waals surface area contributed by atoms with Crippen molar-refractivity contribution in [3.63, 3.8) is 0 Å². The second-order valence-corrected chi connectivity index (χ2v) is 7.02. The predicted octanol–water partition coefficient (Wildman–Crippen LogP) is 4.35. The van der Waals surface area contributed by atoms with E-state index in [1.807, 2.05) is 24.3 Å². The van der Waals surface area contributed by atoms with Crippen LogP contribution in [-0.2, 0) is 4.79 Å². The molecule has 0 bridgehead atoms. The number of hydrogen-bond donors (Lipinski definition) is 0. The fourth-order valence-corrected chi connectivity index (χ4v) is 3.91. The highest BCUT2D eigenvalue weighted by Gasteiger charge is 2.30. The normalized spacial score (nSPS) is 20.2. The van der Waals surface area contributed by atoms with Gasteiger partial charge in [-0.25, -0.2) is 0 Å². The summed E-state index contributed by atoms with van der Waals surface area (Å²) in [4.78, 5) is 16.8. The van der Waals surface area contributed by atoms with Crippen molar-refractivity contribution in [1.29, 1.82) is 0 Å². The maximum Gasteiger partial charge on any atom is 0.266 e. The van der Waals surface area contributed by atoms with Crippen molar-refractivity contribution < 1.29 is 4.79 Å². The van der Waals surface area contributed by atoms with Crippen molar-refractivity contribution in [2.24, 2.45) is 0 Å². The van der Waals surface area contributed by atoms with Crippen molar-refractivity contribution >= 4 is 45.5 Å². The lowest BCUT2D eigenvalue weighted by Gasteiger charge is -2.26. The van der Waals surface area contributed by atoms with Gasteiger partial charge in [0.25, 0.3) is 5.91 Å². The molecule has 0 aromatic heterocycles. The number of thiocarbonyl (C=S) groups is 1. The molecule has 2 heterocycles. The van der Waals surface area contributed by atoms with Gasteiger partial charge in [0.05, 0.1) is 4.91 Å². The Morgan fingerprint density at radius 1 is 1.29 bits per heavy atom. The molecule has 5 heteroatoms. The topological polar surface area (TPSA) is 23.6 Å². The highest BCUT2D eigenvalue weighted by Crippen LogP contribution is 2.34. The number of para-hydroxylation sites is 1. The quantitative estimate of drug-likeness (QED) is 0.455. The molecular formula is C19H18N2OS2. The van der Waals surface area contributed by atoms with E-state index in [0.717, 1.165) is 12.1 Å². The van der Waals surface area contributed by atoms with Crippen LogP contribution in [-0.4, -0.2) is 28.2 Å². The number of thioether (sulfide) groups is 1. The largest absolute Gasteiger partial charge is 0.348 e. The van der Waals surface area contributed by atoms with E-state index in [4.69, 9.17) is 12.2 Å². The van der Waals surface area contributed by atoms with E-state index < -0.39 is 0 Å². The Hall–Kier alpha value is -2.11. The molecule has 0 spiro atoms. The number of nitrogens with zero attached hydrogens (tertiary/aromatic N) is 2. The van der Waals surface area contributed by atoms with Crippen LogP contribution in [0.5, 0.6) is 0 Å². The zero-order valence-electron chi connectivity index (χ0n) is 13.4. The molecule has 0 atom stereocenters. The summed E-state index contributed by atoms with van der Waals surface area (Å²) in [5.41, 5.74) is 3.44. The summed E-state index contributed by atoms with van der Waals surface area (Å²) in [6.45, 7) is 7.16. The van der Waals surface area contributed by atoms with E-state index in [9.17, 15) is 4.79 Å². The van der Waals surface area contributed by atoms with Gasteiger partial charge in [0.2, 0.25) is 0 Å². The smallest absolute Gasteiger partial charge is 0.266 e. The molecule has 1 aromatic rings. The van der Waals surface area contributed by atoms with Gasteiger partial charge in [-0.3, -0.25) is 9.69 Å². The second-order valence-electron chi connectivity index (χ2n) is 5.34. The molecular weight excluding hydrogens is 336 g/mol. The number of hydrogen-bond acceptors (Lipinski definition) is 4. The van der Waals surface area contributed by atoms with Crippen LogP contribution in [0.2, 0.25) is 0 Å². The molecule has 1 amide bonds. The van der Waals surface area contributed by atoms with Crippen molar-refractivity contribution in [1.82, 2.24) is 4.90 Å². The molecule has 2 aliphatic rings. The van der Waals surface area contributed by atoms with Crippen molar-refractivity contribution in [3.8, 4) is 0 Å². The average molecular weight is 355 g/mol. The van der Waals surface area contributed by atoms with Gasteiger partial charge >= 0.3 is 0 Å². The Balaban J connectivity index is 1.91. The fraction of sp³-hybridized carbons (Fsp3) is 0.158. The van der Waals surface area contributed by atoms with Gasteiger partial charge < -0.3 is 4.90 Å². The van der Waals surface area contributed by atoms with Crippen LogP contribution < -0.4 is 4.90 Å². The number of fused-ring (bicyclic) bond motifs is 1. The highest BCUT2D eigenvalue weighted by atomic mass is 32.2. The molecule has 1 saturated heterocycles. The molecule has 122 valence electrons. The summed E-state index contributed by atoms with van der Waals surface area (Å²) in [5, 5.41) is 0. The van der Waals surface area contributed by atoms with Crippen LogP contribution in [0.4, 0.5) is 5.69 Å². The highest BCUT2D eigenvalue weighted by molar-refractivity contribution is 8.26. The van der Waals surface area contributed by atoms with Crippen molar-refractivity contribution in [2.75, 3.05) is 18.0 Å². The van der Waals surface area contributed by atoms with Crippen LogP contribution in [0, 0.1) is 0 Å². The molecule has 0 N–H and O–H groups in total. The average Bonchev–Trinajstić information content (AvgIpc) is 2.87. The summed E-state index contributed by atoms with van der Waals surface area (Å²) >= 11 is 6.60. The first kappa shape index (κ1) is 16.7. The molecule has 3 rings (SSSR count). The number of carbonyl (C=O) groups is 1. The Morgan fingerprint density at radius 2 is 2.08 bits per heavy atom. The first-order chi connectivity index (χ1) is 11.7. The zero-order valence-corrected chi connectivity index (χ0v) is 15.1. The van der Waals surface area contributed by atoms with Crippen LogP contribution in [0.1, 0.15) is 12.5 Å². The molecule has 0 aliphatic carbocycles. The minimum atomic E-state index is -0.0509. The Kier molecular flexibility index (Phi) is 5.02. The summed E-state index contributed by atoms with van der Waals surface area (Å²) in [7, 11) is 0. The first-order valence-electron chi connectivity index (χ1n) is 7.76. The second kappa shape index (κ2) is 7.20. The molecule has 24 heavy (non-hydrogen) atoms. The molecule has 2 aliphatic heterocycles. The summed E-state index contributed by atoms with van der Waals surface area (Å²) in [6, 6.07) is 8.28. The van der Waals surface area contributed by atoms with Gasteiger partial charge in [-0.15, -0.1) is 6.58 Å². The minimum Gasteiger partial charge on any atom is -0.348 e. The molecule has 1 fully saturated rings. The number of amides is 1. The number of carbonyl (C=O) groups excluding carboxylic acids is 1. The lowest BCUT2D eigenvalue weighted by molar-refractivity contribution is -0.121. The summed E-state index contributed by atoms with van der Waals surface area (Å²) in [6.07, 6.45) is 9.69. The SMILES string of the molecule is C=CCN1C(=O)/C(=C/C=C2/C=CN(CC)c3ccccc32)SC1=S. The maximum absolute atomic E-state index is 12.4. The number of rotatable bonds is 4. The van der Waals surface area contributed by atoms with E-state index in [1.165, 1.54) is 23.0 Å². The van der Waals surface area contributed by atoms with Crippen LogP contribution in [0.3, 0.4) is 0 Å². The van der Waals surface area contributed by atoms with Gasteiger partial charge in [0, 0.05) is 30.5 Å². The van der Waals surface area contributed by atoms with E-state index in [0.29, 0.717) is 15.8 Å². The maximum atomic E-state index is 12.4. The van der Waals surface area contributed by atoms with Gasteiger partial charge in [-0.05, 0) is 30.7 Å². The third-order valence-corrected chi connectivity index (χ3v) is 5.29. The Morgan fingerprint density at radius 3 is 2.83 bits per heavy atom. The van der Waals surface area contributed by atoms with E-state index in [2.05, 4.69) is 42.8 Å². The Labute approximate surface area is 152 Å². The predicted molar refractivity (Wildman–Crippen MR) is 107 cm³/mol. The number of benzene rings is 1. The Bertz CT molecular complexity index is 792. The molecule has 1 aromatic carbocycles. The van der Waals surface area contributed by atoms with E-state index in [-0.39, 0.29) is 5.91 Å². The number of allylic oxidation sites excluding steroid dienone is 4. The lowest BCUT2D eigenvalue weighted by atomic mass is 9.99.